The largest absolute Gasteiger partial charge is 0.480 e. The summed E-state index contributed by atoms with van der Waals surface area (Å²) in [6.07, 6.45) is 1.22. The van der Waals surface area contributed by atoms with Crippen molar-refractivity contribution in [1.82, 2.24) is 15.4 Å². The van der Waals surface area contributed by atoms with Crippen molar-refractivity contribution in [1.29, 1.82) is 0 Å². The number of amides is 2. The number of hydrogen-bond acceptors (Lipinski definition) is 4. The molecule has 7 nitrogen and oxygen atoms in total. The first kappa shape index (κ1) is 12.4. The van der Waals surface area contributed by atoms with E-state index in [9.17, 15) is 9.59 Å². The summed E-state index contributed by atoms with van der Waals surface area (Å²) in [6.45, 7) is 2.47. The first-order chi connectivity index (χ1) is 8.58. The molecule has 18 heavy (non-hydrogen) atoms. The average Bonchev–Trinajstić information content (AvgIpc) is 2.94. The number of rotatable bonds is 3. The summed E-state index contributed by atoms with van der Waals surface area (Å²) in [5, 5.41) is 15.4. The number of urea groups is 1. The van der Waals surface area contributed by atoms with E-state index in [1.165, 1.54) is 4.90 Å². The van der Waals surface area contributed by atoms with Crippen LogP contribution in [0.15, 0.2) is 10.6 Å². The maximum Gasteiger partial charge on any atom is 0.326 e. The van der Waals surface area contributed by atoms with E-state index in [0.29, 0.717) is 30.8 Å². The van der Waals surface area contributed by atoms with Crippen LogP contribution < -0.4 is 5.32 Å². The fourth-order valence-electron chi connectivity index (χ4n) is 2.04. The van der Waals surface area contributed by atoms with Crippen LogP contribution in [0.25, 0.3) is 0 Å². The van der Waals surface area contributed by atoms with Crippen LogP contribution in [0.1, 0.15) is 24.3 Å². The zero-order valence-electron chi connectivity index (χ0n) is 10.0. The van der Waals surface area contributed by atoms with Crippen LogP contribution in [0.5, 0.6) is 0 Å². The van der Waals surface area contributed by atoms with Crippen molar-refractivity contribution in [2.45, 2.75) is 32.4 Å². The zero-order chi connectivity index (χ0) is 13.1. The average molecular weight is 253 g/mol. The molecule has 2 rings (SSSR count). The number of carbonyl (C=O) groups excluding carboxylic acids is 1. The molecular weight excluding hydrogens is 238 g/mol. The quantitative estimate of drug-likeness (QED) is 0.828. The Morgan fingerprint density at radius 3 is 3.06 bits per heavy atom. The number of carbonyl (C=O) groups is 2. The van der Waals surface area contributed by atoms with Crippen molar-refractivity contribution < 1.29 is 19.2 Å². The summed E-state index contributed by atoms with van der Waals surface area (Å²) in [4.78, 5) is 24.1. The summed E-state index contributed by atoms with van der Waals surface area (Å²) >= 11 is 0. The fourth-order valence-corrected chi connectivity index (χ4v) is 2.04. The Balaban J connectivity index is 1.89. The van der Waals surface area contributed by atoms with Crippen LogP contribution >= 0.6 is 0 Å². The third kappa shape index (κ3) is 2.61. The van der Waals surface area contributed by atoms with Gasteiger partial charge < -0.3 is 19.8 Å². The van der Waals surface area contributed by atoms with Crippen molar-refractivity contribution in [3.63, 3.8) is 0 Å². The highest BCUT2D eigenvalue weighted by atomic mass is 16.5. The Labute approximate surface area is 104 Å². The van der Waals surface area contributed by atoms with Gasteiger partial charge in [0.05, 0.1) is 6.54 Å². The molecule has 0 saturated carbocycles. The van der Waals surface area contributed by atoms with Crippen LogP contribution in [-0.2, 0) is 11.3 Å². The number of hydrogen-bond donors (Lipinski definition) is 2. The molecule has 0 bridgehead atoms. The van der Waals surface area contributed by atoms with Crippen molar-refractivity contribution in [3.8, 4) is 0 Å². The molecule has 1 aromatic rings. The minimum Gasteiger partial charge on any atom is -0.480 e. The van der Waals surface area contributed by atoms with Gasteiger partial charge in [0.25, 0.3) is 0 Å². The lowest BCUT2D eigenvalue weighted by Crippen LogP contribution is -2.45. The number of carboxylic acids is 1. The molecule has 1 fully saturated rings. The maximum atomic E-state index is 11.8. The number of aliphatic carboxylic acids is 1. The summed E-state index contributed by atoms with van der Waals surface area (Å²) in [5.41, 5.74) is 0.618. The standard InChI is InChI=1S/C11H15N3O4/c1-7-5-8(13-18-7)6-12-11(17)14-4-2-3-9(14)10(15)16/h5,9H,2-4,6H2,1H3,(H,12,17)(H,15,16). The molecule has 2 N–H and O–H groups in total. The summed E-state index contributed by atoms with van der Waals surface area (Å²) in [6, 6.07) is 0.628. The van der Waals surface area contributed by atoms with E-state index in [1.54, 1.807) is 13.0 Å². The number of aromatic nitrogens is 1. The molecule has 0 radical (unpaired) electrons. The summed E-state index contributed by atoms with van der Waals surface area (Å²) in [5.74, 6) is -0.288. The van der Waals surface area contributed by atoms with E-state index >= 15 is 0 Å². The van der Waals surface area contributed by atoms with E-state index in [0.717, 1.165) is 0 Å². The lowest BCUT2D eigenvalue weighted by atomic mass is 10.2. The summed E-state index contributed by atoms with van der Waals surface area (Å²) < 4.78 is 4.87. The minimum absolute atomic E-state index is 0.235. The van der Waals surface area contributed by atoms with Crippen molar-refractivity contribution in [2.24, 2.45) is 0 Å². The fraction of sp³-hybridized carbons (Fsp3) is 0.545. The molecule has 0 spiro atoms. The second kappa shape index (κ2) is 5.07. The molecule has 1 aromatic heterocycles. The van der Waals surface area contributed by atoms with Gasteiger partial charge in [-0.05, 0) is 19.8 Å². The topological polar surface area (TPSA) is 95.7 Å². The van der Waals surface area contributed by atoms with Gasteiger partial charge in [0, 0.05) is 12.6 Å². The third-order valence-corrected chi connectivity index (χ3v) is 2.90. The predicted molar refractivity (Wildman–Crippen MR) is 60.8 cm³/mol. The maximum absolute atomic E-state index is 11.8. The van der Waals surface area contributed by atoms with E-state index < -0.39 is 12.0 Å². The lowest BCUT2D eigenvalue weighted by Gasteiger charge is -2.21. The molecule has 0 aliphatic carbocycles. The van der Waals surface area contributed by atoms with Gasteiger partial charge in [0.2, 0.25) is 0 Å². The van der Waals surface area contributed by atoms with Gasteiger partial charge in [-0.15, -0.1) is 0 Å². The molecule has 2 amide bonds. The second-order valence-electron chi connectivity index (χ2n) is 4.28. The van der Waals surface area contributed by atoms with Gasteiger partial charge in [-0.1, -0.05) is 5.16 Å². The van der Waals surface area contributed by atoms with Crippen LogP contribution in [0.4, 0.5) is 4.79 Å². The SMILES string of the molecule is Cc1cc(CNC(=O)N2CCCC2C(=O)O)no1. The highest BCUT2D eigenvalue weighted by Crippen LogP contribution is 2.17. The van der Waals surface area contributed by atoms with Gasteiger partial charge in [-0.2, -0.15) is 0 Å². The summed E-state index contributed by atoms with van der Waals surface area (Å²) in [7, 11) is 0. The highest BCUT2D eigenvalue weighted by Gasteiger charge is 2.33. The molecule has 0 aromatic carbocycles. The Morgan fingerprint density at radius 2 is 2.44 bits per heavy atom. The zero-order valence-corrected chi connectivity index (χ0v) is 10.0. The van der Waals surface area contributed by atoms with Gasteiger partial charge in [-0.3, -0.25) is 0 Å². The van der Waals surface area contributed by atoms with E-state index in [1.807, 2.05) is 0 Å². The Morgan fingerprint density at radius 1 is 1.67 bits per heavy atom. The van der Waals surface area contributed by atoms with E-state index in [2.05, 4.69) is 10.5 Å². The molecule has 1 aliphatic heterocycles. The number of carboxylic acid groups (broad SMARTS) is 1. The molecule has 1 aliphatic rings. The number of likely N-dealkylation sites (tertiary alicyclic amines) is 1. The second-order valence-corrected chi connectivity index (χ2v) is 4.28. The number of nitrogens with one attached hydrogen (secondary N) is 1. The van der Waals surface area contributed by atoms with Gasteiger partial charge in [0.15, 0.2) is 0 Å². The molecule has 1 atom stereocenters. The molecule has 7 heteroatoms. The van der Waals surface area contributed by atoms with Crippen molar-refractivity contribution in [3.05, 3.63) is 17.5 Å². The molecule has 2 heterocycles. The lowest BCUT2D eigenvalue weighted by molar-refractivity contribution is -0.141. The van der Waals surface area contributed by atoms with E-state index in [-0.39, 0.29) is 12.6 Å². The van der Waals surface area contributed by atoms with Crippen molar-refractivity contribution in [2.75, 3.05) is 6.54 Å². The monoisotopic (exact) mass is 253 g/mol. The smallest absolute Gasteiger partial charge is 0.326 e. The minimum atomic E-state index is -0.958. The van der Waals surface area contributed by atoms with Crippen LogP contribution in [-0.4, -0.2) is 39.8 Å². The van der Waals surface area contributed by atoms with E-state index in [4.69, 9.17) is 9.63 Å². The molecule has 98 valence electrons. The van der Waals surface area contributed by atoms with Gasteiger partial charge in [-0.25, -0.2) is 9.59 Å². The van der Waals surface area contributed by atoms with Gasteiger partial charge in [0.1, 0.15) is 17.5 Å². The van der Waals surface area contributed by atoms with Crippen LogP contribution in [0.2, 0.25) is 0 Å². The number of aryl methyl sites for hydroxylation is 1. The first-order valence-electron chi connectivity index (χ1n) is 5.77. The normalized spacial score (nSPS) is 18.9. The van der Waals surface area contributed by atoms with Gasteiger partial charge >= 0.3 is 12.0 Å². The highest BCUT2D eigenvalue weighted by molar-refractivity contribution is 5.83. The van der Waals surface area contributed by atoms with Crippen molar-refractivity contribution >= 4 is 12.0 Å². The predicted octanol–water partition coefficient (Wildman–Crippen LogP) is 0.742. The Bertz CT molecular complexity index is 457. The Hall–Kier alpha value is -2.05. The van der Waals surface area contributed by atoms with Crippen LogP contribution in [0.3, 0.4) is 0 Å². The molecular formula is C11H15N3O4. The molecule has 1 unspecified atom stereocenters. The van der Waals surface area contributed by atoms with Crippen LogP contribution in [0, 0.1) is 6.92 Å². The number of nitrogens with zero attached hydrogens (tertiary/aromatic N) is 2. The molecule has 1 saturated heterocycles. The Kier molecular flexibility index (Phi) is 3.50. The first-order valence-corrected chi connectivity index (χ1v) is 5.77. The third-order valence-electron chi connectivity index (χ3n) is 2.90.